The maximum Gasteiger partial charge on any atom is 0.269 e. The summed E-state index contributed by atoms with van der Waals surface area (Å²) >= 11 is 0. The average molecular weight is 377 g/mol. The van der Waals surface area contributed by atoms with Gasteiger partial charge in [-0.15, -0.1) is 0 Å². The van der Waals surface area contributed by atoms with Crippen LogP contribution >= 0.6 is 0 Å². The molecule has 0 fully saturated rings. The lowest BCUT2D eigenvalue weighted by atomic mass is 10.1. The first-order chi connectivity index (χ1) is 13.5. The van der Waals surface area contributed by atoms with Gasteiger partial charge in [0.15, 0.2) is 11.6 Å². The molecule has 0 radical (unpaired) electrons. The summed E-state index contributed by atoms with van der Waals surface area (Å²) in [4.78, 5) is 32.2. The second-order valence-corrected chi connectivity index (χ2v) is 5.87. The van der Waals surface area contributed by atoms with E-state index in [1.165, 1.54) is 6.33 Å². The number of nitrogen functional groups attached to an aromatic ring is 1. The molecule has 0 atom stereocenters. The van der Waals surface area contributed by atoms with Crippen LogP contribution in [0.4, 0.5) is 17.3 Å². The van der Waals surface area contributed by atoms with Crippen LogP contribution in [0.15, 0.2) is 60.9 Å². The van der Waals surface area contributed by atoms with E-state index in [0.717, 1.165) is 5.56 Å². The summed E-state index contributed by atoms with van der Waals surface area (Å²) in [5.74, 6) is -0.316. The van der Waals surface area contributed by atoms with Gasteiger partial charge in [0.25, 0.3) is 11.8 Å². The molecule has 1 aromatic heterocycles. The van der Waals surface area contributed by atoms with Crippen LogP contribution in [-0.4, -0.2) is 21.8 Å². The number of amides is 2. The van der Waals surface area contributed by atoms with Crippen LogP contribution in [0.2, 0.25) is 0 Å². The molecule has 142 valence electrons. The van der Waals surface area contributed by atoms with Gasteiger partial charge in [0, 0.05) is 11.1 Å². The van der Waals surface area contributed by atoms with Crippen molar-refractivity contribution in [2.75, 3.05) is 16.6 Å². The van der Waals surface area contributed by atoms with E-state index >= 15 is 0 Å². The molecular weight excluding hydrogens is 358 g/mol. The Labute approximate surface area is 161 Å². The predicted molar refractivity (Wildman–Crippen MR) is 106 cm³/mol. The number of hydrogen-bond acceptors (Lipinski definition) is 7. The number of hydrogen-bond donors (Lipinski definition) is 5. The van der Waals surface area contributed by atoms with Crippen molar-refractivity contribution in [2.45, 2.75) is 6.92 Å². The summed E-state index contributed by atoms with van der Waals surface area (Å²) in [5.41, 5.74) is 18.5. The van der Waals surface area contributed by atoms with Crippen molar-refractivity contribution in [3.63, 3.8) is 0 Å². The van der Waals surface area contributed by atoms with Crippen LogP contribution in [0.25, 0.3) is 0 Å². The normalized spacial score (nSPS) is 10.0. The molecule has 2 amide bonds. The summed E-state index contributed by atoms with van der Waals surface area (Å²) in [7, 11) is 0. The third-order valence-electron chi connectivity index (χ3n) is 3.82. The van der Waals surface area contributed by atoms with Crippen molar-refractivity contribution in [3.05, 3.63) is 77.6 Å². The maximum atomic E-state index is 12.2. The van der Waals surface area contributed by atoms with Crippen LogP contribution in [0.5, 0.6) is 0 Å². The van der Waals surface area contributed by atoms with Gasteiger partial charge in [0.1, 0.15) is 12.0 Å². The monoisotopic (exact) mass is 377 g/mol. The van der Waals surface area contributed by atoms with Gasteiger partial charge in [-0.1, -0.05) is 35.9 Å². The molecule has 28 heavy (non-hydrogen) atoms. The molecule has 0 aliphatic carbocycles. The standard InChI is InChI=1S/C19H19N7O2/c1-12-7-9-14(10-8-12)19(28)26-24-17-15(20)16(21-11-22-17)23-25-18(27)13-5-3-2-4-6-13/h2-11H,20H2,1H3,(H,25,27)(H,26,28)(H2,21,22,23,24). The Morgan fingerprint density at radius 3 is 1.82 bits per heavy atom. The molecule has 0 unspecified atom stereocenters. The first kappa shape index (κ1) is 18.6. The number of aryl methyl sites for hydroxylation is 1. The van der Waals surface area contributed by atoms with E-state index < -0.39 is 0 Å². The Hall–Kier alpha value is -4.14. The molecule has 0 saturated heterocycles. The van der Waals surface area contributed by atoms with Crippen molar-refractivity contribution in [3.8, 4) is 0 Å². The minimum absolute atomic E-state index is 0.125. The fourth-order valence-electron chi connectivity index (χ4n) is 2.27. The molecule has 0 spiro atoms. The topological polar surface area (TPSA) is 134 Å². The van der Waals surface area contributed by atoms with Gasteiger partial charge in [0.05, 0.1) is 0 Å². The quantitative estimate of drug-likeness (QED) is 0.414. The minimum Gasteiger partial charge on any atom is -0.393 e. The largest absolute Gasteiger partial charge is 0.393 e. The van der Waals surface area contributed by atoms with Crippen LogP contribution in [0.1, 0.15) is 26.3 Å². The van der Waals surface area contributed by atoms with Crippen molar-refractivity contribution < 1.29 is 9.59 Å². The molecule has 0 aliphatic rings. The highest BCUT2D eigenvalue weighted by Crippen LogP contribution is 2.21. The fraction of sp³-hybridized carbons (Fsp3) is 0.0526. The van der Waals surface area contributed by atoms with Gasteiger partial charge >= 0.3 is 0 Å². The van der Waals surface area contributed by atoms with E-state index in [1.54, 1.807) is 36.4 Å². The van der Waals surface area contributed by atoms with Crippen molar-refractivity contribution >= 4 is 29.1 Å². The fourth-order valence-corrected chi connectivity index (χ4v) is 2.27. The molecule has 9 nitrogen and oxygen atoms in total. The van der Waals surface area contributed by atoms with Gasteiger partial charge in [-0.05, 0) is 31.2 Å². The number of nitrogens with one attached hydrogen (secondary N) is 4. The third kappa shape index (κ3) is 4.52. The number of rotatable bonds is 6. The van der Waals surface area contributed by atoms with Gasteiger partial charge in [-0.2, -0.15) is 0 Å². The second-order valence-electron chi connectivity index (χ2n) is 5.87. The average Bonchev–Trinajstić information content (AvgIpc) is 2.73. The lowest BCUT2D eigenvalue weighted by molar-refractivity contribution is 0.0954. The second kappa shape index (κ2) is 8.49. The smallest absolute Gasteiger partial charge is 0.269 e. The van der Waals surface area contributed by atoms with E-state index in [4.69, 9.17) is 5.73 Å². The number of aromatic nitrogens is 2. The van der Waals surface area contributed by atoms with Crippen molar-refractivity contribution in [2.24, 2.45) is 0 Å². The minimum atomic E-state index is -0.346. The molecule has 0 bridgehead atoms. The highest BCUT2D eigenvalue weighted by Gasteiger charge is 2.11. The summed E-state index contributed by atoms with van der Waals surface area (Å²) in [6, 6.07) is 15.8. The van der Waals surface area contributed by atoms with Crippen LogP contribution < -0.4 is 27.4 Å². The summed E-state index contributed by atoms with van der Waals surface area (Å²) in [6.45, 7) is 1.94. The lowest BCUT2D eigenvalue weighted by Crippen LogP contribution is -2.32. The number of nitrogens with zero attached hydrogens (tertiary/aromatic N) is 2. The molecule has 3 aromatic rings. The van der Waals surface area contributed by atoms with Gasteiger partial charge < -0.3 is 5.73 Å². The molecule has 0 aliphatic heterocycles. The molecule has 9 heteroatoms. The summed E-state index contributed by atoms with van der Waals surface area (Å²) in [5, 5.41) is 0. The third-order valence-corrected chi connectivity index (χ3v) is 3.82. The molecular formula is C19H19N7O2. The number of carbonyl (C=O) groups is 2. The zero-order valence-corrected chi connectivity index (χ0v) is 15.1. The Balaban J connectivity index is 1.61. The first-order valence-electron chi connectivity index (χ1n) is 8.39. The van der Waals surface area contributed by atoms with E-state index in [1.807, 2.05) is 25.1 Å². The molecule has 1 heterocycles. The number of carbonyl (C=O) groups excluding carboxylic acids is 2. The highest BCUT2D eigenvalue weighted by atomic mass is 16.2. The van der Waals surface area contributed by atoms with Gasteiger partial charge in [-0.25, -0.2) is 9.97 Å². The zero-order chi connectivity index (χ0) is 19.9. The summed E-state index contributed by atoms with van der Waals surface area (Å²) in [6.07, 6.45) is 1.24. The van der Waals surface area contributed by atoms with Gasteiger partial charge in [-0.3, -0.25) is 31.3 Å². The number of benzene rings is 2. The predicted octanol–water partition coefficient (Wildman–Crippen LogP) is 1.88. The highest BCUT2D eigenvalue weighted by molar-refractivity contribution is 5.96. The summed E-state index contributed by atoms with van der Waals surface area (Å²) < 4.78 is 0. The number of hydrazine groups is 2. The molecule has 2 aromatic carbocycles. The van der Waals surface area contributed by atoms with Crippen LogP contribution in [0, 0.1) is 6.92 Å². The maximum absolute atomic E-state index is 12.2. The van der Waals surface area contributed by atoms with Crippen LogP contribution in [-0.2, 0) is 0 Å². The van der Waals surface area contributed by atoms with E-state index in [0.29, 0.717) is 11.1 Å². The first-order valence-corrected chi connectivity index (χ1v) is 8.39. The van der Waals surface area contributed by atoms with E-state index in [-0.39, 0.29) is 29.1 Å². The van der Waals surface area contributed by atoms with Crippen molar-refractivity contribution in [1.29, 1.82) is 0 Å². The Bertz CT molecular complexity index is 975. The SMILES string of the molecule is Cc1ccc(C(=O)NNc2ncnc(NNC(=O)c3ccccc3)c2N)cc1. The molecule has 6 N–H and O–H groups in total. The van der Waals surface area contributed by atoms with Crippen LogP contribution in [0.3, 0.4) is 0 Å². The Morgan fingerprint density at radius 2 is 1.29 bits per heavy atom. The molecule has 0 saturated carbocycles. The van der Waals surface area contributed by atoms with E-state index in [2.05, 4.69) is 31.7 Å². The van der Waals surface area contributed by atoms with E-state index in [9.17, 15) is 9.59 Å². The Morgan fingerprint density at radius 1 is 0.786 bits per heavy atom. The number of nitrogens with two attached hydrogens (primary N) is 1. The Kier molecular flexibility index (Phi) is 5.66. The number of anilines is 3. The zero-order valence-electron chi connectivity index (χ0n) is 15.1. The lowest BCUT2D eigenvalue weighted by Gasteiger charge is -2.13. The van der Waals surface area contributed by atoms with Gasteiger partial charge in [0.2, 0.25) is 0 Å². The van der Waals surface area contributed by atoms with Crippen molar-refractivity contribution in [1.82, 2.24) is 20.8 Å². The molecule has 3 rings (SSSR count).